The Labute approximate surface area is 188 Å². The van der Waals surface area contributed by atoms with Gasteiger partial charge in [-0.15, -0.1) is 0 Å². The molecule has 2 atom stereocenters. The summed E-state index contributed by atoms with van der Waals surface area (Å²) in [6, 6.07) is 18.2. The van der Waals surface area contributed by atoms with Gasteiger partial charge in [0, 0.05) is 0 Å². The molecule has 4 rings (SSSR count). The Bertz CT molecular complexity index is 1090. The molecule has 2 aliphatic rings. The predicted molar refractivity (Wildman–Crippen MR) is 137 cm³/mol. The second kappa shape index (κ2) is 7.54. The van der Waals surface area contributed by atoms with Gasteiger partial charge in [-0.2, -0.15) is 0 Å². The van der Waals surface area contributed by atoms with Crippen LogP contribution in [0.4, 0.5) is 0 Å². The number of fused-ring (bicyclic) bond motifs is 2. The normalized spacial score (nSPS) is 21.1. The molecular formula is C26H35ClSi2Zr. The molecule has 0 heterocycles. The van der Waals surface area contributed by atoms with Crippen molar-refractivity contribution in [3.63, 3.8) is 0 Å². The van der Waals surface area contributed by atoms with E-state index in [9.17, 15) is 0 Å². The Morgan fingerprint density at radius 2 is 1.20 bits per heavy atom. The summed E-state index contributed by atoms with van der Waals surface area (Å²) in [4.78, 5) is 0. The van der Waals surface area contributed by atoms with Crippen LogP contribution in [0.3, 0.4) is 0 Å². The molecule has 0 radical (unpaired) electrons. The van der Waals surface area contributed by atoms with Gasteiger partial charge >= 0.3 is 190 Å². The zero-order chi connectivity index (χ0) is 21.9. The molecule has 0 saturated heterocycles. The van der Waals surface area contributed by atoms with Gasteiger partial charge in [-0.1, -0.05) is 0 Å². The molecule has 0 nitrogen and oxygen atoms in total. The van der Waals surface area contributed by atoms with E-state index in [0.717, 1.165) is 0 Å². The predicted octanol–water partition coefficient (Wildman–Crippen LogP) is 8.69. The summed E-state index contributed by atoms with van der Waals surface area (Å²) in [6.07, 6.45) is 4.90. The first-order valence-electron chi connectivity index (χ1n) is 11.2. The van der Waals surface area contributed by atoms with Gasteiger partial charge in [-0.3, -0.25) is 0 Å². The van der Waals surface area contributed by atoms with Crippen LogP contribution < -0.4 is 0 Å². The first kappa shape index (κ1) is 22.7. The third kappa shape index (κ3) is 3.31. The average molecular weight is 530 g/mol. The summed E-state index contributed by atoms with van der Waals surface area (Å²) in [7, 11) is 7.25. The molecule has 0 fully saturated rings. The monoisotopic (exact) mass is 528 g/mol. The Hall–Kier alpha value is -0.473. The minimum atomic E-state index is -4.04. The Morgan fingerprint density at radius 3 is 1.57 bits per heavy atom. The van der Waals surface area contributed by atoms with Crippen molar-refractivity contribution in [1.82, 2.24) is 0 Å². The van der Waals surface area contributed by atoms with Gasteiger partial charge in [0.2, 0.25) is 0 Å². The van der Waals surface area contributed by atoms with Gasteiger partial charge in [-0.05, 0) is 0 Å². The summed E-state index contributed by atoms with van der Waals surface area (Å²) in [6.45, 7) is 17.5. The van der Waals surface area contributed by atoms with E-state index in [2.05, 4.69) is 107 Å². The molecule has 0 spiro atoms. The summed E-state index contributed by atoms with van der Waals surface area (Å²) in [5.74, 6) is 0. The van der Waals surface area contributed by atoms with E-state index in [1.807, 2.05) is 0 Å². The minimum absolute atomic E-state index is 0.458. The maximum absolute atomic E-state index is 8.68. The van der Waals surface area contributed by atoms with Crippen LogP contribution in [0.15, 0.2) is 59.7 Å². The van der Waals surface area contributed by atoms with Crippen molar-refractivity contribution < 1.29 is 16.2 Å². The fourth-order valence-electron chi connectivity index (χ4n) is 6.82. The zero-order valence-electron chi connectivity index (χ0n) is 19.5. The quantitative estimate of drug-likeness (QED) is 0.347. The molecule has 0 aliphatic heterocycles. The average Bonchev–Trinajstić information content (AvgIpc) is 3.16. The van der Waals surface area contributed by atoms with Crippen LogP contribution in [0, 0.1) is 0 Å². The van der Waals surface area contributed by atoms with Crippen molar-refractivity contribution >= 4 is 34.2 Å². The third-order valence-corrected chi connectivity index (χ3v) is 69.3. The summed E-state index contributed by atoms with van der Waals surface area (Å²) < 4.78 is 2.24. The number of hydrogen-bond acceptors (Lipinski definition) is 0. The molecule has 2 aromatic rings. The van der Waals surface area contributed by atoms with E-state index in [4.69, 9.17) is 8.51 Å². The fraction of sp³-hybridized carbons (Fsp3) is 0.385. The molecule has 4 heteroatoms. The van der Waals surface area contributed by atoms with Crippen molar-refractivity contribution in [2.24, 2.45) is 0 Å². The van der Waals surface area contributed by atoms with Crippen molar-refractivity contribution in [3.05, 3.63) is 81.9 Å². The molecule has 0 saturated carbocycles. The van der Waals surface area contributed by atoms with E-state index in [0.29, 0.717) is 7.25 Å². The van der Waals surface area contributed by atoms with E-state index >= 15 is 0 Å². The van der Waals surface area contributed by atoms with Crippen LogP contribution in [0.5, 0.6) is 0 Å². The fourth-order valence-corrected chi connectivity index (χ4v) is 82.4. The van der Waals surface area contributed by atoms with E-state index in [-0.39, 0.29) is 0 Å². The summed E-state index contributed by atoms with van der Waals surface area (Å²) in [5, 5.41) is 0. The Kier molecular flexibility index (Phi) is 5.71. The number of benzene rings is 2. The molecule has 2 aliphatic carbocycles. The zero-order valence-corrected chi connectivity index (χ0v) is 24.7. The van der Waals surface area contributed by atoms with E-state index in [1.54, 1.807) is 0 Å². The molecule has 0 aromatic heterocycles. The van der Waals surface area contributed by atoms with Gasteiger partial charge in [0.05, 0.1) is 0 Å². The van der Waals surface area contributed by atoms with Gasteiger partial charge in [0.15, 0.2) is 0 Å². The summed E-state index contributed by atoms with van der Waals surface area (Å²) >= 11 is -4.04. The van der Waals surface area contributed by atoms with Gasteiger partial charge in [0.1, 0.15) is 0 Å². The molecule has 0 amide bonds. The second-order valence-corrected chi connectivity index (χ2v) is 52.9. The molecule has 0 N–H and O–H groups in total. The van der Waals surface area contributed by atoms with Gasteiger partial charge < -0.3 is 0 Å². The first-order valence-corrected chi connectivity index (χ1v) is 28.8. The first-order chi connectivity index (χ1) is 14.0. The standard InChI is InChI=1S/2C10H9.C4H11Si.C2H6Si.ClH.Zr/c2*1-8-6-9-4-2-3-5-10(9)7-8;1-5(2,3)4;1-3-2;;/h2*2-7H,1H3;1H2,2-4H3;1-2H3;1H;/q;;;;;+1/p-1. The van der Waals surface area contributed by atoms with Crippen molar-refractivity contribution in [2.45, 2.75) is 57.6 Å². The van der Waals surface area contributed by atoms with Crippen LogP contribution in [0.25, 0.3) is 12.2 Å². The molecule has 2 unspecified atom stereocenters. The molecular weight excluding hydrogens is 495 g/mol. The van der Waals surface area contributed by atoms with E-state index < -0.39 is 29.7 Å². The number of hydrogen-bond donors (Lipinski definition) is 0. The van der Waals surface area contributed by atoms with Gasteiger partial charge in [0.25, 0.3) is 0 Å². The number of rotatable bonds is 4. The second-order valence-electron chi connectivity index (χ2n) is 11.1. The van der Waals surface area contributed by atoms with E-state index in [1.165, 1.54) is 37.2 Å². The number of halogens is 1. The number of allylic oxidation sites excluding steroid dienone is 2. The molecule has 30 heavy (non-hydrogen) atoms. The topological polar surface area (TPSA) is 0 Å². The Morgan fingerprint density at radius 1 is 0.800 bits per heavy atom. The van der Waals surface area contributed by atoms with Crippen molar-refractivity contribution in [3.8, 4) is 0 Å². The third-order valence-electron chi connectivity index (χ3n) is 7.55. The maximum atomic E-state index is 8.68. The Balaban J connectivity index is 2.13. The van der Waals surface area contributed by atoms with Crippen LogP contribution in [-0.2, 0) is 16.2 Å². The van der Waals surface area contributed by atoms with Crippen molar-refractivity contribution in [1.29, 1.82) is 0 Å². The van der Waals surface area contributed by atoms with Gasteiger partial charge in [-0.25, -0.2) is 0 Å². The van der Waals surface area contributed by atoms with Crippen LogP contribution in [0.2, 0.25) is 36.5 Å². The van der Waals surface area contributed by atoms with Crippen molar-refractivity contribution in [2.75, 3.05) is 0 Å². The molecule has 0 bridgehead atoms. The molecule has 2 aromatic carbocycles. The van der Waals surface area contributed by atoms with Crippen LogP contribution >= 0.6 is 8.51 Å². The SMILES string of the molecule is CC1=Cc2ccccc2[CH]1[Zr]([Cl])([CH2][Si](C)(C)C)([CH]1C(C)=Cc2ccccc21)=[Si](C)C. The molecule has 158 valence electrons. The summed E-state index contributed by atoms with van der Waals surface area (Å²) in [5.41, 5.74) is 8.17. The van der Waals surface area contributed by atoms with Crippen LogP contribution in [0.1, 0.15) is 43.4 Å². The van der Waals surface area contributed by atoms with Crippen LogP contribution in [-0.4, -0.2) is 13.5 Å².